The van der Waals surface area contributed by atoms with E-state index >= 15 is 0 Å². The number of rotatable bonds is 2. The number of methoxy groups -OCH3 is 1. The van der Waals surface area contributed by atoms with Gasteiger partial charge in [-0.05, 0) is 12.1 Å². The van der Waals surface area contributed by atoms with Crippen LogP contribution in [0.5, 0.6) is 11.5 Å². The fourth-order valence-electron chi connectivity index (χ4n) is 1.82. The molecule has 1 aliphatic rings. The molecule has 0 fully saturated rings. The van der Waals surface area contributed by atoms with Crippen LogP contribution in [0.4, 0.5) is 0 Å². The fraction of sp³-hybridized carbons (Fsp3) is 0.250. The summed E-state index contributed by atoms with van der Waals surface area (Å²) < 4.78 is 4.99. The number of guanidine groups is 1. The number of aromatic hydroxyl groups is 1. The van der Waals surface area contributed by atoms with Gasteiger partial charge in [-0.15, -0.1) is 0 Å². The monoisotopic (exact) mass is 260 g/mol. The molecule has 3 N–H and O–H groups in total. The van der Waals surface area contributed by atoms with Crippen LogP contribution < -0.4 is 15.4 Å². The topological polar surface area (TPSA) is 107 Å². The van der Waals surface area contributed by atoms with Gasteiger partial charge in [0.1, 0.15) is 11.5 Å². The Morgan fingerprint density at radius 1 is 1.63 bits per heavy atom. The van der Waals surface area contributed by atoms with Crippen LogP contribution in [0.1, 0.15) is 18.0 Å². The Kier molecular flexibility index (Phi) is 3.52. The van der Waals surface area contributed by atoms with Crippen LogP contribution in [0.15, 0.2) is 23.2 Å². The molecule has 7 heteroatoms. The maximum atomic E-state index is 11.5. The number of ether oxygens (including phenoxy) is 1. The van der Waals surface area contributed by atoms with Crippen LogP contribution in [0.3, 0.4) is 0 Å². The molecule has 0 saturated carbocycles. The molecular formula is C12H12N4O3. The van der Waals surface area contributed by atoms with Crippen LogP contribution in [-0.2, 0) is 4.79 Å². The van der Waals surface area contributed by atoms with Crippen LogP contribution in [-0.4, -0.2) is 24.1 Å². The number of hydrogen-bond donors (Lipinski definition) is 3. The van der Waals surface area contributed by atoms with Crippen molar-refractivity contribution in [3.05, 3.63) is 23.8 Å². The minimum absolute atomic E-state index is 0.000826. The van der Waals surface area contributed by atoms with Gasteiger partial charge in [0.2, 0.25) is 11.9 Å². The van der Waals surface area contributed by atoms with Gasteiger partial charge in [0.25, 0.3) is 0 Å². The first-order valence-corrected chi connectivity index (χ1v) is 5.53. The predicted molar refractivity (Wildman–Crippen MR) is 66.3 cm³/mol. The van der Waals surface area contributed by atoms with E-state index in [0.29, 0.717) is 11.3 Å². The molecular weight excluding hydrogens is 248 g/mol. The van der Waals surface area contributed by atoms with Gasteiger partial charge in [-0.3, -0.25) is 15.4 Å². The van der Waals surface area contributed by atoms with Gasteiger partial charge in [0.15, 0.2) is 6.19 Å². The molecule has 1 amide bonds. The Hall–Kier alpha value is -2.75. The molecule has 98 valence electrons. The van der Waals surface area contributed by atoms with Gasteiger partial charge in [-0.2, -0.15) is 5.26 Å². The average molecular weight is 260 g/mol. The first kappa shape index (κ1) is 12.7. The molecule has 0 bridgehead atoms. The molecule has 1 atom stereocenters. The van der Waals surface area contributed by atoms with Crippen molar-refractivity contribution in [2.75, 3.05) is 7.11 Å². The van der Waals surface area contributed by atoms with E-state index in [4.69, 9.17) is 10.00 Å². The van der Waals surface area contributed by atoms with Crippen molar-refractivity contribution in [2.24, 2.45) is 4.99 Å². The first-order chi connectivity index (χ1) is 9.13. The van der Waals surface area contributed by atoms with Crippen molar-refractivity contribution >= 4 is 11.9 Å². The fourth-order valence-corrected chi connectivity index (χ4v) is 1.82. The second-order valence-electron chi connectivity index (χ2n) is 3.91. The molecule has 0 spiro atoms. The predicted octanol–water partition coefficient (Wildman–Crippen LogP) is 0.388. The normalized spacial score (nSPS) is 18.0. The molecule has 1 aromatic rings. The standard InChI is InChI=1S/C12H12N4O3/c1-19-7-2-3-8(10(17)4-7)9-5-11(18)16-12(15-9)14-6-13/h2-4,9,17H,5H2,1H3,(H2,14,15,16,18)/t9-/m1/s1. The quantitative estimate of drug-likeness (QED) is 0.526. The number of amides is 1. The van der Waals surface area contributed by atoms with Crippen molar-refractivity contribution in [1.29, 1.82) is 5.26 Å². The molecule has 0 radical (unpaired) electrons. The Morgan fingerprint density at radius 3 is 3.05 bits per heavy atom. The smallest absolute Gasteiger partial charge is 0.229 e. The van der Waals surface area contributed by atoms with E-state index in [2.05, 4.69) is 15.6 Å². The van der Waals surface area contributed by atoms with E-state index < -0.39 is 6.04 Å². The lowest BCUT2D eigenvalue weighted by atomic mass is 10.0. The number of nitrogens with zero attached hydrogens (tertiary/aromatic N) is 2. The second-order valence-corrected chi connectivity index (χ2v) is 3.91. The molecule has 1 aliphatic heterocycles. The summed E-state index contributed by atoms with van der Waals surface area (Å²) in [6, 6.07) is 4.24. The molecule has 7 nitrogen and oxygen atoms in total. The van der Waals surface area contributed by atoms with Crippen molar-refractivity contribution < 1.29 is 14.6 Å². The Bertz CT molecular complexity index is 577. The minimum atomic E-state index is -0.532. The number of nitriles is 1. The third-order valence-electron chi connectivity index (χ3n) is 2.69. The molecule has 0 saturated heterocycles. The van der Waals surface area contributed by atoms with Gasteiger partial charge in [-0.25, -0.2) is 4.99 Å². The zero-order valence-corrected chi connectivity index (χ0v) is 10.2. The summed E-state index contributed by atoms with van der Waals surface area (Å²) in [4.78, 5) is 15.7. The highest BCUT2D eigenvalue weighted by Gasteiger charge is 2.24. The Balaban J connectivity index is 2.33. The molecule has 2 rings (SSSR count). The highest BCUT2D eigenvalue weighted by molar-refractivity contribution is 5.99. The molecule has 1 heterocycles. The summed E-state index contributed by atoms with van der Waals surface area (Å²) in [6.07, 6.45) is 1.79. The van der Waals surface area contributed by atoms with Gasteiger partial charge in [0.05, 0.1) is 19.6 Å². The van der Waals surface area contributed by atoms with Crippen molar-refractivity contribution in [1.82, 2.24) is 10.6 Å². The maximum absolute atomic E-state index is 11.5. The third kappa shape index (κ3) is 2.74. The van der Waals surface area contributed by atoms with Gasteiger partial charge < -0.3 is 9.84 Å². The number of carbonyl (C=O) groups is 1. The highest BCUT2D eigenvalue weighted by atomic mass is 16.5. The summed E-state index contributed by atoms with van der Waals surface area (Å²) in [5, 5.41) is 23.1. The van der Waals surface area contributed by atoms with Crippen LogP contribution in [0, 0.1) is 11.5 Å². The van der Waals surface area contributed by atoms with E-state index in [9.17, 15) is 9.90 Å². The zero-order chi connectivity index (χ0) is 13.8. The SMILES string of the molecule is COc1ccc([C@H]2CC(=O)NC(NC#N)=N2)c(O)c1. The third-order valence-corrected chi connectivity index (χ3v) is 2.69. The number of carbonyl (C=O) groups excluding carboxylic acids is 1. The first-order valence-electron chi connectivity index (χ1n) is 5.53. The van der Waals surface area contributed by atoms with E-state index in [0.717, 1.165) is 0 Å². The summed E-state index contributed by atoms with van der Waals surface area (Å²) >= 11 is 0. The molecule has 1 aromatic carbocycles. The number of phenolic OH excluding ortho intramolecular Hbond substituents is 1. The molecule has 0 aliphatic carbocycles. The van der Waals surface area contributed by atoms with E-state index in [1.165, 1.54) is 13.2 Å². The second kappa shape index (κ2) is 5.27. The number of benzene rings is 1. The largest absolute Gasteiger partial charge is 0.507 e. The van der Waals surface area contributed by atoms with Gasteiger partial charge >= 0.3 is 0 Å². The Labute approximate surface area is 109 Å². The van der Waals surface area contributed by atoms with E-state index in [1.807, 2.05) is 0 Å². The molecule has 0 aromatic heterocycles. The molecule has 0 unspecified atom stereocenters. The van der Waals surface area contributed by atoms with E-state index in [-0.39, 0.29) is 24.0 Å². The van der Waals surface area contributed by atoms with Crippen LogP contribution >= 0.6 is 0 Å². The lowest BCUT2D eigenvalue weighted by molar-refractivity contribution is -0.120. The van der Waals surface area contributed by atoms with Crippen LogP contribution in [0.2, 0.25) is 0 Å². The highest BCUT2D eigenvalue weighted by Crippen LogP contribution is 2.33. The molecule has 19 heavy (non-hydrogen) atoms. The summed E-state index contributed by atoms with van der Waals surface area (Å²) in [6.45, 7) is 0. The number of nitrogens with one attached hydrogen (secondary N) is 2. The van der Waals surface area contributed by atoms with Crippen LogP contribution in [0.25, 0.3) is 0 Å². The van der Waals surface area contributed by atoms with Crippen molar-refractivity contribution in [3.8, 4) is 17.7 Å². The lowest BCUT2D eigenvalue weighted by Gasteiger charge is -2.20. The number of hydrogen-bond acceptors (Lipinski definition) is 6. The van der Waals surface area contributed by atoms with Crippen molar-refractivity contribution in [3.63, 3.8) is 0 Å². The maximum Gasteiger partial charge on any atom is 0.229 e. The Morgan fingerprint density at radius 2 is 2.42 bits per heavy atom. The summed E-state index contributed by atoms with van der Waals surface area (Å²) in [5.74, 6) is 0.326. The average Bonchev–Trinajstić information content (AvgIpc) is 2.38. The zero-order valence-electron chi connectivity index (χ0n) is 10.2. The van der Waals surface area contributed by atoms with Crippen molar-refractivity contribution in [2.45, 2.75) is 12.5 Å². The summed E-state index contributed by atoms with van der Waals surface area (Å²) in [5.41, 5.74) is 0.507. The number of phenols is 1. The van der Waals surface area contributed by atoms with E-state index in [1.54, 1.807) is 18.3 Å². The van der Waals surface area contributed by atoms with Gasteiger partial charge in [-0.1, -0.05) is 0 Å². The number of aliphatic imine (C=N–C) groups is 1. The van der Waals surface area contributed by atoms with Gasteiger partial charge in [0, 0.05) is 11.6 Å². The summed E-state index contributed by atoms with van der Waals surface area (Å²) in [7, 11) is 1.50. The minimum Gasteiger partial charge on any atom is -0.507 e. The lowest BCUT2D eigenvalue weighted by Crippen LogP contribution is -2.42.